The van der Waals surface area contributed by atoms with E-state index in [2.05, 4.69) is 39.6 Å². The summed E-state index contributed by atoms with van der Waals surface area (Å²) in [7, 11) is 0. The molecule has 2 aliphatic heterocycles. The van der Waals surface area contributed by atoms with Crippen LogP contribution in [0.4, 0.5) is 5.95 Å². The standard InChI is InChI=1S/C25H32N4O3S/c1-16-6-8-28(9-7-16)24-26-27-25(29(24)14-20-5-4-10-31-20)33-15-19-13-23(30)32-22-12-18(3)17(2)11-21(19)22/h11-13,16,20H,4-10,14-15H2,1-3H3. The highest BCUT2D eigenvalue weighted by Crippen LogP contribution is 2.31. The van der Waals surface area contributed by atoms with Gasteiger partial charge in [0.2, 0.25) is 5.95 Å². The van der Waals surface area contributed by atoms with Crippen molar-refractivity contribution in [1.29, 1.82) is 0 Å². The summed E-state index contributed by atoms with van der Waals surface area (Å²) in [5, 5.41) is 11.1. The number of aryl methyl sites for hydroxylation is 2. The molecule has 8 heteroatoms. The van der Waals surface area contributed by atoms with Gasteiger partial charge in [0.25, 0.3) is 0 Å². The summed E-state index contributed by atoms with van der Waals surface area (Å²) < 4.78 is 13.7. The number of benzene rings is 1. The number of hydrogen-bond donors (Lipinski definition) is 0. The quantitative estimate of drug-likeness (QED) is 0.383. The summed E-state index contributed by atoms with van der Waals surface area (Å²) in [5.74, 6) is 2.34. The van der Waals surface area contributed by atoms with Crippen LogP contribution in [0.3, 0.4) is 0 Å². The van der Waals surface area contributed by atoms with Crippen molar-refractivity contribution in [2.45, 2.75) is 70.0 Å². The minimum Gasteiger partial charge on any atom is -0.423 e. The first-order valence-corrected chi connectivity index (χ1v) is 12.9. The summed E-state index contributed by atoms with van der Waals surface area (Å²) >= 11 is 1.63. The molecule has 0 aliphatic carbocycles. The molecule has 1 unspecified atom stereocenters. The molecule has 2 saturated heterocycles. The second-order valence-electron chi connectivity index (χ2n) is 9.51. The third-order valence-electron chi connectivity index (χ3n) is 6.98. The van der Waals surface area contributed by atoms with Crippen molar-refractivity contribution in [3.8, 4) is 0 Å². The summed E-state index contributed by atoms with van der Waals surface area (Å²) in [4.78, 5) is 14.6. The van der Waals surface area contributed by atoms with Crippen molar-refractivity contribution in [3.05, 3.63) is 45.3 Å². The van der Waals surface area contributed by atoms with Crippen LogP contribution in [0, 0.1) is 19.8 Å². The molecular weight excluding hydrogens is 436 g/mol. The largest absolute Gasteiger partial charge is 0.423 e. The normalized spacial score (nSPS) is 19.6. The second kappa shape index (κ2) is 9.50. The van der Waals surface area contributed by atoms with Crippen LogP contribution in [0.5, 0.6) is 0 Å². The lowest BCUT2D eigenvalue weighted by atomic mass is 10.00. The average molecular weight is 469 g/mol. The number of fused-ring (bicyclic) bond motifs is 1. The van der Waals surface area contributed by atoms with Gasteiger partial charge in [0.1, 0.15) is 5.58 Å². The number of anilines is 1. The highest BCUT2D eigenvalue weighted by atomic mass is 32.2. The maximum atomic E-state index is 12.2. The number of ether oxygens (including phenoxy) is 1. The molecule has 0 N–H and O–H groups in total. The number of hydrogen-bond acceptors (Lipinski definition) is 7. The molecule has 1 aromatic carbocycles. The Hall–Kier alpha value is -2.32. The Morgan fingerprint density at radius 2 is 1.88 bits per heavy atom. The minimum atomic E-state index is -0.315. The number of piperidine rings is 1. The molecule has 3 aromatic rings. The molecule has 0 saturated carbocycles. The topological polar surface area (TPSA) is 73.4 Å². The minimum absolute atomic E-state index is 0.207. The van der Waals surface area contributed by atoms with Gasteiger partial charge in [0.15, 0.2) is 5.16 Å². The van der Waals surface area contributed by atoms with Gasteiger partial charge in [-0.1, -0.05) is 18.7 Å². The summed E-state index contributed by atoms with van der Waals surface area (Å²) in [5.41, 5.74) is 3.60. The van der Waals surface area contributed by atoms with E-state index in [0.29, 0.717) is 11.3 Å². The van der Waals surface area contributed by atoms with Gasteiger partial charge in [0.05, 0.1) is 12.6 Å². The lowest BCUT2D eigenvalue weighted by molar-refractivity contribution is 0.0951. The van der Waals surface area contributed by atoms with Crippen molar-refractivity contribution in [1.82, 2.24) is 14.8 Å². The molecule has 0 radical (unpaired) electrons. The monoisotopic (exact) mass is 468 g/mol. The van der Waals surface area contributed by atoms with E-state index >= 15 is 0 Å². The highest BCUT2D eigenvalue weighted by molar-refractivity contribution is 7.98. The zero-order chi connectivity index (χ0) is 22.9. The van der Waals surface area contributed by atoms with Crippen LogP contribution in [-0.4, -0.2) is 40.6 Å². The molecule has 33 heavy (non-hydrogen) atoms. The first-order chi connectivity index (χ1) is 16.0. The molecule has 2 fully saturated rings. The van der Waals surface area contributed by atoms with E-state index in [0.717, 1.165) is 72.6 Å². The van der Waals surface area contributed by atoms with E-state index in [4.69, 9.17) is 9.15 Å². The Kier molecular flexibility index (Phi) is 6.47. The lowest BCUT2D eigenvalue weighted by Crippen LogP contribution is -2.35. The molecule has 0 amide bonds. The Morgan fingerprint density at radius 1 is 1.09 bits per heavy atom. The zero-order valence-electron chi connectivity index (χ0n) is 19.7. The Morgan fingerprint density at radius 3 is 2.64 bits per heavy atom. The summed E-state index contributed by atoms with van der Waals surface area (Å²) in [6.45, 7) is 10.1. The number of nitrogens with zero attached hydrogens (tertiary/aromatic N) is 4. The molecule has 176 valence electrons. The van der Waals surface area contributed by atoms with E-state index in [9.17, 15) is 4.79 Å². The van der Waals surface area contributed by atoms with Crippen molar-refractivity contribution in [2.24, 2.45) is 5.92 Å². The van der Waals surface area contributed by atoms with Crippen molar-refractivity contribution in [3.63, 3.8) is 0 Å². The first kappa shape index (κ1) is 22.5. The van der Waals surface area contributed by atoms with Crippen molar-refractivity contribution >= 4 is 28.7 Å². The Labute approximate surface area is 198 Å². The van der Waals surface area contributed by atoms with Gasteiger partial charge in [0, 0.05) is 36.9 Å². The van der Waals surface area contributed by atoms with E-state index in [1.807, 2.05) is 13.0 Å². The fourth-order valence-corrected chi connectivity index (χ4v) is 5.66. The van der Waals surface area contributed by atoms with Crippen LogP contribution < -0.4 is 10.5 Å². The van der Waals surface area contributed by atoms with E-state index < -0.39 is 0 Å². The van der Waals surface area contributed by atoms with Gasteiger partial charge in [-0.05, 0) is 74.3 Å². The molecule has 5 rings (SSSR count). The van der Waals surface area contributed by atoms with Gasteiger partial charge in [-0.3, -0.25) is 4.57 Å². The van der Waals surface area contributed by atoms with Crippen molar-refractivity contribution in [2.75, 3.05) is 24.6 Å². The van der Waals surface area contributed by atoms with Crippen molar-refractivity contribution < 1.29 is 9.15 Å². The molecule has 1 atom stereocenters. The fourth-order valence-electron chi connectivity index (χ4n) is 4.73. The summed E-state index contributed by atoms with van der Waals surface area (Å²) in [6.07, 6.45) is 4.75. The molecule has 0 spiro atoms. The van der Waals surface area contributed by atoms with Crippen LogP contribution in [0.15, 0.2) is 32.6 Å². The summed E-state index contributed by atoms with van der Waals surface area (Å²) in [6, 6.07) is 5.67. The third-order valence-corrected chi connectivity index (χ3v) is 7.99. The average Bonchev–Trinajstić information content (AvgIpc) is 3.44. The first-order valence-electron chi connectivity index (χ1n) is 11.9. The van der Waals surface area contributed by atoms with E-state index in [1.54, 1.807) is 17.8 Å². The van der Waals surface area contributed by atoms with Crippen LogP contribution in [-0.2, 0) is 17.0 Å². The number of aromatic nitrogens is 3. The van der Waals surface area contributed by atoms with Gasteiger partial charge in [-0.25, -0.2) is 4.79 Å². The predicted octanol–water partition coefficient (Wildman–Crippen LogP) is 4.71. The van der Waals surface area contributed by atoms with E-state index in [1.165, 1.54) is 18.4 Å². The van der Waals surface area contributed by atoms with Gasteiger partial charge < -0.3 is 14.1 Å². The molecular formula is C25H32N4O3S. The predicted molar refractivity (Wildman–Crippen MR) is 131 cm³/mol. The van der Waals surface area contributed by atoms with Crippen LogP contribution in [0.2, 0.25) is 0 Å². The van der Waals surface area contributed by atoms with E-state index in [-0.39, 0.29) is 11.7 Å². The van der Waals surface area contributed by atoms with Crippen LogP contribution >= 0.6 is 11.8 Å². The lowest BCUT2D eigenvalue weighted by Gasteiger charge is -2.31. The zero-order valence-corrected chi connectivity index (χ0v) is 20.5. The number of rotatable bonds is 6. The van der Waals surface area contributed by atoms with Gasteiger partial charge >= 0.3 is 5.63 Å². The molecule has 4 heterocycles. The molecule has 7 nitrogen and oxygen atoms in total. The fraction of sp³-hybridized carbons (Fsp3) is 0.560. The van der Waals surface area contributed by atoms with Crippen LogP contribution in [0.25, 0.3) is 11.0 Å². The molecule has 0 bridgehead atoms. The maximum absolute atomic E-state index is 12.2. The van der Waals surface area contributed by atoms with Gasteiger partial charge in [-0.15, -0.1) is 10.2 Å². The van der Waals surface area contributed by atoms with Crippen LogP contribution in [0.1, 0.15) is 49.3 Å². The van der Waals surface area contributed by atoms with Gasteiger partial charge in [-0.2, -0.15) is 0 Å². The highest BCUT2D eigenvalue weighted by Gasteiger charge is 2.26. The maximum Gasteiger partial charge on any atom is 0.336 e. The smallest absolute Gasteiger partial charge is 0.336 e. The second-order valence-corrected chi connectivity index (χ2v) is 10.5. The molecule has 2 aromatic heterocycles. The molecule has 2 aliphatic rings. The Bertz CT molecular complexity index is 1190. The Balaban J connectivity index is 1.43. The third kappa shape index (κ3) is 4.82. The SMILES string of the molecule is Cc1cc2oc(=O)cc(CSc3nnc(N4CCC(C)CC4)n3CC3CCCO3)c2cc1C. The number of thioether (sulfide) groups is 1.